The summed E-state index contributed by atoms with van der Waals surface area (Å²) in [6, 6.07) is 6.21. The highest BCUT2D eigenvalue weighted by molar-refractivity contribution is 5.41. The number of hydrogen-bond acceptors (Lipinski definition) is 5. The summed E-state index contributed by atoms with van der Waals surface area (Å²) < 4.78 is 11.3. The standard InChI is InChI=1S/C15H14N4O2/c1-9-2-4-11-10(8-9)3-5-12(20-11)15-18-14(19-21-15)13-16-6-7-17-13/h2,4,6-8,12H,3,5H2,1H3,(H,16,17). The third-order valence-corrected chi connectivity index (χ3v) is 3.59. The number of aryl methyl sites for hydroxylation is 2. The molecule has 1 atom stereocenters. The Morgan fingerprint density at radius 2 is 2.29 bits per heavy atom. The maximum absolute atomic E-state index is 5.98. The van der Waals surface area contributed by atoms with Crippen molar-refractivity contribution in [3.63, 3.8) is 0 Å². The zero-order valence-corrected chi connectivity index (χ0v) is 11.5. The first-order valence-electron chi connectivity index (χ1n) is 6.89. The Labute approximate surface area is 121 Å². The summed E-state index contributed by atoms with van der Waals surface area (Å²) in [4.78, 5) is 11.4. The number of imidazole rings is 1. The molecule has 106 valence electrons. The van der Waals surface area contributed by atoms with Gasteiger partial charge >= 0.3 is 0 Å². The zero-order chi connectivity index (χ0) is 14.2. The van der Waals surface area contributed by atoms with Gasteiger partial charge in [-0.1, -0.05) is 22.9 Å². The van der Waals surface area contributed by atoms with Crippen LogP contribution in [0.3, 0.4) is 0 Å². The van der Waals surface area contributed by atoms with Crippen molar-refractivity contribution in [3.05, 3.63) is 47.6 Å². The van der Waals surface area contributed by atoms with E-state index in [9.17, 15) is 0 Å². The van der Waals surface area contributed by atoms with E-state index < -0.39 is 0 Å². The maximum Gasteiger partial charge on any atom is 0.268 e. The molecular weight excluding hydrogens is 268 g/mol. The maximum atomic E-state index is 5.98. The predicted octanol–water partition coefficient (Wildman–Crippen LogP) is 2.83. The average Bonchev–Trinajstić information content (AvgIpc) is 3.17. The lowest BCUT2D eigenvalue weighted by Crippen LogP contribution is -2.15. The Bertz CT molecular complexity index is 764. The molecule has 0 spiro atoms. The van der Waals surface area contributed by atoms with Gasteiger partial charge in [0.2, 0.25) is 5.82 Å². The second-order valence-electron chi connectivity index (χ2n) is 5.15. The van der Waals surface area contributed by atoms with Gasteiger partial charge in [0, 0.05) is 12.4 Å². The Kier molecular flexibility index (Phi) is 2.73. The number of fused-ring (bicyclic) bond motifs is 1. The van der Waals surface area contributed by atoms with Crippen LogP contribution in [-0.2, 0) is 6.42 Å². The van der Waals surface area contributed by atoms with Crippen LogP contribution in [0.15, 0.2) is 35.1 Å². The van der Waals surface area contributed by atoms with Crippen molar-refractivity contribution in [2.75, 3.05) is 0 Å². The fraction of sp³-hybridized carbons (Fsp3) is 0.267. The van der Waals surface area contributed by atoms with E-state index >= 15 is 0 Å². The molecule has 0 saturated carbocycles. The van der Waals surface area contributed by atoms with E-state index in [1.165, 1.54) is 11.1 Å². The summed E-state index contributed by atoms with van der Waals surface area (Å²) in [5.41, 5.74) is 2.48. The van der Waals surface area contributed by atoms with Gasteiger partial charge in [-0.15, -0.1) is 0 Å². The number of nitrogens with zero attached hydrogens (tertiary/aromatic N) is 3. The molecule has 4 rings (SSSR count). The number of nitrogens with one attached hydrogen (secondary N) is 1. The molecule has 3 heterocycles. The molecule has 1 unspecified atom stereocenters. The largest absolute Gasteiger partial charge is 0.480 e. The van der Waals surface area contributed by atoms with Crippen LogP contribution in [-0.4, -0.2) is 20.1 Å². The second kappa shape index (κ2) is 4.73. The molecular formula is C15H14N4O2. The van der Waals surface area contributed by atoms with Crippen molar-refractivity contribution >= 4 is 0 Å². The van der Waals surface area contributed by atoms with Crippen LogP contribution in [0.1, 0.15) is 29.5 Å². The number of hydrogen-bond donors (Lipinski definition) is 1. The van der Waals surface area contributed by atoms with Crippen molar-refractivity contribution < 1.29 is 9.26 Å². The van der Waals surface area contributed by atoms with Crippen molar-refractivity contribution in [1.29, 1.82) is 0 Å². The topological polar surface area (TPSA) is 76.8 Å². The van der Waals surface area contributed by atoms with E-state index in [2.05, 4.69) is 33.1 Å². The van der Waals surface area contributed by atoms with Crippen LogP contribution in [0.4, 0.5) is 0 Å². The van der Waals surface area contributed by atoms with Crippen molar-refractivity contribution in [2.45, 2.75) is 25.9 Å². The summed E-state index contributed by atoms with van der Waals surface area (Å²) in [6.45, 7) is 2.08. The lowest BCUT2D eigenvalue weighted by molar-refractivity contribution is 0.135. The molecule has 21 heavy (non-hydrogen) atoms. The van der Waals surface area contributed by atoms with Crippen LogP contribution < -0.4 is 4.74 Å². The van der Waals surface area contributed by atoms with Gasteiger partial charge in [0.15, 0.2) is 11.9 Å². The van der Waals surface area contributed by atoms with E-state index in [0.29, 0.717) is 17.5 Å². The normalized spacial score (nSPS) is 17.3. The third-order valence-electron chi connectivity index (χ3n) is 3.59. The minimum absolute atomic E-state index is 0.198. The van der Waals surface area contributed by atoms with E-state index in [1.807, 2.05) is 12.1 Å². The minimum Gasteiger partial charge on any atom is -0.480 e. The zero-order valence-electron chi connectivity index (χ0n) is 11.5. The number of benzene rings is 1. The lowest BCUT2D eigenvalue weighted by Gasteiger charge is -2.23. The highest BCUT2D eigenvalue weighted by Crippen LogP contribution is 2.35. The SMILES string of the molecule is Cc1ccc2c(c1)CCC(c1nc(-c3ncc[nH]3)no1)O2. The van der Waals surface area contributed by atoms with Gasteiger partial charge in [0.25, 0.3) is 5.89 Å². The fourth-order valence-electron chi connectivity index (χ4n) is 2.54. The van der Waals surface area contributed by atoms with Gasteiger partial charge in [-0.25, -0.2) is 4.98 Å². The van der Waals surface area contributed by atoms with Crippen molar-refractivity contribution in [2.24, 2.45) is 0 Å². The molecule has 1 aromatic carbocycles. The van der Waals surface area contributed by atoms with Gasteiger partial charge in [0.1, 0.15) is 5.75 Å². The average molecular weight is 282 g/mol. The van der Waals surface area contributed by atoms with Crippen molar-refractivity contribution in [3.8, 4) is 17.4 Å². The molecule has 2 aromatic heterocycles. The summed E-state index contributed by atoms with van der Waals surface area (Å²) in [6.07, 6.45) is 4.95. The number of ether oxygens (including phenoxy) is 1. The van der Waals surface area contributed by atoms with Crippen LogP contribution in [0.2, 0.25) is 0 Å². The number of aromatic nitrogens is 4. The molecule has 6 nitrogen and oxygen atoms in total. The van der Waals surface area contributed by atoms with Crippen LogP contribution >= 0.6 is 0 Å². The first-order valence-corrected chi connectivity index (χ1v) is 6.89. The van der Waals surface area contributed by atoms with Crippen LogP contribution in [0.25, 0.3) is 11.6 Å². The summed E-state index contributed by atoms with van der Waals surface area (Å²) in [7, 11) is 0. The monoisotopic (exact) mass is 282 g/mol. The molecule has 1 N–H and O–H groups in total. The van der Waals surface area contributed by atoms with E-state index in [-0.39, 0.29) is 6.10 Å². The lowest BCUT2D eigenvalue weighted by atomic mass is 10.0. The van der Waals surface area contributed by atoms with E-state index in [1.54, 1.807) is 12.4 Å². The number of aromatic amines is 1. The fourth-order valence-corrected chi connectivity index (χ4v) is 2.54. The first-order chi connectivity index (χ1) is 10.3. The Balaban J connectivity index is 1.59. The summed E-state index contributed by atoms with van der Waals surface area (Å²) in [5.74, 6) is 2.44. The summed E-state index contributed by atoms with van der Waals surface area (Å²) in [5, 5.41) is 3.94. The Morgan fingerprint density at radius 3 is 3.14 bits per heavy atom. The molecule has 1 aliphatic rings. The number of H-pyrrole nitrogens is 1. The van der Waals surface area contributed by atoms with Crippen LogP contribution in [0, 0.1) is 6.92 Å². The van der Waals surface area contributed by atoms with Gasteiger partial charge in [-0.3, -0.25) is 0 Å². The predicted molar refractivity (Wildman–Crippen MR) is 74.7 cm³/mol. The Hall–Kier alpha value is -2.63. The molecule has 1 aliphatic heterocycles. The highest BCUT2D eigenvalue weighted by Gasteiger charge is 2.26. The van der Waals surface area contributed by atoms with Gasteiger partial charge in [-0.05, 0) is 31.4 Å². The van der Waals surface area contributed by atoms with E-state index in [0.717, 1.165) is 18.6 Å². The third kappa shape index (κ3) is 2.18. The minimum atomic E-state index is -0.198. The second-order valence-corrected chi connectivity index (χ2v) is 5.15. The van der Waals surface area contributed by atoms with Gasteiger partial charge in [0.05, 0.1) is 0 Å². The molecule has 0 fully saturated rings. The van der Waals surface area contributed by atoms with E-state index in [4.69, 9.17) is 9.26 Å². The molecule has 0 aliphatic carbocycles. The molecule has 0 bridgehead atoms. The molecule has 3 aromatic rings. The quantitative estimate of drug-likeness (QED) is 0.782. The summed E-state index contributed by atoms with van der Waals surface area (Å²) >= 11 is 0. The van der Waals surface area contributed by atoms with Crippen molar-refractivity contribution in [1.82, 2.24) is 20.1 Å². The van der Waals surface area contributed by atoms with Crippen LogP contribution in [0.5, 0.6) is 5.75 Å². The molecule has 0 radical (unpaired) electrons. The smallest absolute Gasteiger partial charge is 0.268 e. The Morgan fingerprint density at radius 1 is 1.33 bits per heavy atom. The van der Waals surface area contributed by atoms with Gasteiger partial charge < -0.3 is 14.2 Å². The first kappa shape index (κ1) is 12.1. The molecule has 0 amide bonds. The highest BCUT2D eigenvalue weighted by atomic mass is 16.5. The van der Waals surface area contributed by atoms with Gasteiger partial charge in [-0.2, -0.15) is 4.98 Å². The molecule has 0 saturated heterocycles. The number of rotatable bonds is 2. The molecule has 6 heteroatoms.